The van der Waals surface area contributed by atoms with Gasteiger partial charge in [0, 0.05) is 24.5 Å². The van der Waals surface area contributed by atoms with E-state index in [4.69, 9.17) is 0 Å². The lowest BCUT2D eigenvalue weighted by Gasteiger charge is -2.07. The highest BCUT2D eigenvalue weighted by Gasteiger charge is 2.07. The van der Waals surface area contributed by atoms with E-state index in [1.807, 2.05) is 42.5 Å². The molecule has 0 atom stereocenters. The van der Waals surface area contributed by atoms with Gasteiger partial charge in [0.15, 0.2) is 0 Å². The molecule has 0 fully saturated rings. The van der Waals surface area contributed by atoms with Crippen molar-refractivity contribution in [2.24, 2.45) is 0 Å². The summed E-state index contributed by atoms with van der Waals surface area (Å²) in [6.45, 7) is 0. The number of nitrogens with zero attached hydrogens (tertiary/aromatic N) is 1. The molecule has 3 rings (SSSR count). The van der Waals surface area contributed by atoms with Crippen LogP contribution in [-0.2, 0) is 0 Å². The fraction of sp³-hybridized carbons (Fsp3) is 0.0588. The fourth-order valence-corrected chi connectivity index (χ4v) is 2.18. The number of anilines is 2. The zero-order valence-corrected chi connectivity index (χ0v) is 11.6. The number of aromatic nitrogens is 1. The van der Waals surface area contributed by atoms with Crippen molar-refractivity contribution in [2.75, 3.05) is 17.7 Å². The highest BCUT2D eigenvalue weighted by Crippen LogP contribution is 2.19. The number of benzene rings is 2. The van der Waals surface area contributed by atoms with E-state index in [1.54, 1.807) is 25.4 Å². The maximum Gasteiger partial charge on any atom is 0.255 e. The number of carbonyl (C=O) groups excluding carboxylic acids is 1. The molecule has 3 aromatic rings. The Morgan fingerprint density at radius 1 is 1.00 bits per heavy atom. The van der Waals surface area contributed by atoms with Crippen molar-refractivity contribution in [3.8, 4) is 0 Å². The van der Waals surface area contributed by atoms with Crippen molar-refractivity contribution in [3.05, 3.63) is 66.4 Å². The van der Waals surface area contributed by atoms with Gasteiger partial charge in [0.05, 0.1) is 0 Å². The predicted molar refractivity (Wildman–Crippen MR) is 85.7 cm³/mol. The largest absolute Gasteiger partial charge is 0.373 e. The van der Waals surface area contributed by atoms with E-state index in [9.17, 15) is 4.79 Å². The average Bonchev–Trinajstić information content (AvgIpc) is 2.54. The first-order valence-electron chi connectivity index (χ1n) is 6.70. The molecule has 1 aromatic heterocycles. The lowest BCUT2D eigenvalue weighted by Crippen LogP contribution is -2.12. The second kappa shape index (κ2) is 5.63. The Morgan fingerprint density at radius 2 is 1.81 bits per heavy atom. The second-order valence-corrected chi connectivity index (χ2v) is 4.70. The highest BCUT2D eigenvalue weighted by molar-refractivity contribution is 6.05. The quantitative estimate of drug-likeness (QED) is 0.770. The Hall–Kier alpha value is -2.88. The number of hydrogen-bond acceptors (Lipinski definition) is 3. The van der Waals surface area contributed by atoms with Crippen LogP contribution in [0.3, 0.4) is 0 Å². The van der Waals surface area contributed by atoms with Crippen molar-refractivity contribution >= 4 is 28.2 Å². The topological polar surface area (TPSA) is 54.0 Å². The predicted octanol–water partition coefficient (Wildman–Crippen LogP) is 3.53. The van der Waals surface area contributed by atoms with Crippen LogP contribution in [0.25, 0.3) is 10.8 Å². The molecule has 2 aromatic carbocycles. The van der Waals surface area contributed by atoms with Gasteiger partial charge in [-0.15, -0.1) is 0 Å². The third-order valence-electron chi connectivity index (χ3n) is 3.29. The monoisotopic (exact) mass is 277 g/mol. The van der Waals surface area contributed by atoms with Gasteiger partial charge in [-0.1, -0.05) is 30.3 Å². The van der Waals surface area contributed by atoms with Crippen molar-refractivity contribution in [2.45, 2.75) is 0 Å². The third-order valence-corrected chi connectivity index (χ3v) is 3.29. The van der Waals surface area contributed by atoms with Crippen molar-refractivity contribution in [3.63, 3.8) is 0 Å². The van der Waals surface area contributed by atoms with Gasteiger partial charge in [-0.3, -0.25) is 4.79 Å². The standard InChI is InChI=1S/C17H15N3O/c1-18-16-11-14(8-9-19-16)17(21)20-15-7-6-12-4-2-3-5-13(12)10-15/h2-11H,1H3,(H,18,19)(H,20,21). The van der Waals surface area contributed by atoms with E-state index < -0.39 is 0 Å². The molecular weight excluding hydrogens is 262 g/mol. The third kappa shape index (κ3) is 2.84. The van der Waals surface area contributed by atoms with Crippen LogP contribution >= 0.6 is 0 Å². The Bertz CT molecular complexity index is 799. The summed E-state index contributed by atoms with van der Waals surface area (Å²) < 4.78 is 0. The van der Waals surface area contributed by atoms with Crippen molar-refractivity contribution in [1.82, 2.24) is 4.98 Å². The molecule has 4 nitrogen and oxygen atoms in total. The lowest BCUT2D eigenvalue weighted by atomic mass is 10.1. The minimum Gasteiger partial charge on any atom is -0.373 e. The molecule has 104 valence electrons. The maximum atomic E-state index is 12.3. The zero-order valence-electron chi connectivity index (χ0n) is 11.6. The number of fused-ring (bicyclic) bond motifs is 1. The van der Waals surface area contributed by atoms with Crippen LogP contribution in [0, 0.1) is 0 Å². The summed E-state index contributed by atoms with van der Waals surface area (Å²) in [6.07, 6.45) is 1.61. The molecule has 4 heteroatoms. The molecular formula is C17H15N3O. The SMILES string of the molecule is CNc1cc(C(=O)Nc2ccc3ccccc3c2)ccn1. The molecule has 21 heavy (non-hydrogen) atoms. The highest BCUT2D eigenvalue weighted by atomic mass is 16.1. The van der Waals surface area contributed by atoms with Gasteiger partial charge in [0.2, 0.25) is 0 Å². The van der Waals surface area contributed by atoms with Gasteiger partial charge >= 0.3 is 0 Å². The Morgan fingerprint density at radius 3 is 2.62 bits per heavy atom. The van der Waals surface area contributed by atoms with E-state index in [1.165, 1.54) is 0 Å². The summed E-state index contributed by atoms with van der Waals surface area (Å²) in [4.78, 5) is 16.3. The van der Waals surface area contributed by atoms with Gasteiger partial charge in [0.25, 0.3) is 5.91 Å². The Kier molecular flexibility index (Phi) is 3.51. The van der Waals surface area contributed by atoms with E-state index >= 15 is 0 Å². The molecule has 0 aliphatic carbocycles. The molecule has 0 saturated heterocycles. The Balaban J connectivity index is 1.85. The first kappa shape index (κ1) is 13.1. The smallest absolute Gasteiger partial charge is 0.255 e. The van der Waals surface area contributed by atoms with Crippen LogP contribution < -0.4 is 10.6 Å². The summed E-state index contributed by atoms with van der Waals surface area (Å²) in [6, 6.07) is 17.3. The van der Waals surface area contributed by atoms with Crippen LogP contribution in [0.5, 0.6) is 0 Å². The van der Waals surface area contributed by atoms with Gasteiger partial charge in [0.1, 0.15) is 5.82 Å². The Labute approximate surface area is 122 Å². The van der Waals surface area contributed by atoms with E-state index in [2.05, 4.69) is 15.6 Å². The first-order chi connectivity index (χ1) is 10.3. The number of nitrogens with one attached hydrogen (secondary N) is 2. The van der Waals surface area contributed by atoms with Crippen LogP contribution in [0.2, 0.25) is 0 Å². The van der Waals surface area contributed by atoms with Crippen molar-refractivity contribution < 1.29 is 4.79 Å². The molecule has 1 heterocycles. The van der Waals surface area contributed by atoms with E-state index in [0.717, 1.165) is 16.5 Å². The molecule has 0 bridgehead atoms. The number of carbonyl (C=O) groups is 1. The summed E-state index contributed by atoms with van der Waals surface area (Å²) in [5.41, 5.74) is 1.35. The normalized spacial score (nSPS) is 10.3. The molecule has 2 N–H and O–H groups in total. The summed E-state index contributed by atoms with van der Waals surface area (Å²) >= 11 is 0. The van der Waals surface area contributed by atoms with Gasteiger partial charge in [-0.05, 0) is 35.0 Å². The van der Waals surface area contributed by atoms with E-state index in [0.29, 0.717) is 11.4 Å². The average molecular weight is 277 g/mol. The molecule has 0 aliphatic rings. The summed E-state index contributed by atoms with van der Waals surface area (Å²) in [5, 5.41) is 8.07. The van der Waals surface area contributed by atoms with Gasteiger partial charge in [-0.2, -0.15) is 0 Å². The number of pyridine rings is 1. The number of amides is 1. The van der Waals surface area contributed by atoms with Crippen LogP contribution in [0.15, 0.2) is 60.8 Å². The van der Waals surface area contributed by atoms with Crippen LogP contribution in [0.4, 0.5) is 11.5 Å². The van der Waals surface area contributed by atoms with Crippen LogP contribution in [-0.4, -0.2) is 17.9 Å². The molecule has 0 saturated carbocycles. The first-order valence-corrected chi connectivity index (χ1v) is 6.70. The molecule has 1 amide bonds. The summed E-state index contributed by atoms with van der Waals surface area (Å²) in [5.74, 6) is 0.519. The number of rotatable bonds is 3. The van der Waals surface area contributed by atoms with Gasteiger partial charge in [-0.25, -0.2) is 4.98 Å². The fourth-order valence-electron chi connectivity index (χ4n) is 2.18. The number of hydrogen-bond donors (Lipinski definition) is 2. The van der Waals surface area contributed by atoms with E-state index in [-0.39, 0.29) is 5.91 Å². The lowest BCUT2D eigenvalue weighted by molar-refractivity contribution is 0.102. The maximum absolute atomic E-state index is 12.3. The minimum atomic E-state index is -0.149. The minimum absolute atomic E-state index is 0.149. The zero-order chi connectivity index (χ0) is 14.7. The summed E-state index contributed by atoms with van der Waals surface area (Å²) in [7, 11) is 1.77. The van der Waals surface area contributed by atoms with Crippen molar-refractivity contribution in [1.29, 1.82) is 0 Å². The molecule has 0 unspecified atom stereocenters. The molecule has 0 radical (unpaired) electrons. The molecule has 0 aliphatic heterocycles. The van der Waals surface area contributed by atoms with Gasteiger partial charge < -0.3 is 10.6 Å². The molecule has 0 spiro atoms. The second-order valence-electron chi connectivity index (χ2n) is 4.70. The van der Waals surface area contributed by atoms with Crippen LogP contribution in [0.1, 0.15) is 10.4 Å².